The second-order valence-corrected chi connectivity index (χ2v) is 5.44. The minimum Gasteiger partial charge on any atom is -0.385 e. The van der Waals surface area contributed by atoms with Crippen LogP contribution in [-0.4, -0.2) is 14.9 Å². The lowest BCUT2D eigenvalue weighted by Crippen LogP contribution is -2.26. The molecular weight excluding hydrogens is 262 g/mol. The molecule has 0 spiro atoms. The van der Waals surface area contributed by atoms with Crippen LogP contribution in [0.5, 0.6) is 0 Å². The van der Waals surface area contributed by atoms with Crippen molar-refractivity contribution in [3.05, 3.63) is 52.8 Å². The van der Waals surface area contributed by atoms with Gasteiger partial charge in [-0.3, -0.25) is 4.68 Å². The standard InChI is InChI=1S/C17H21N3O/c1-4-15-10-16(20(5-2)19-15)11-17(3,21)14-8-6-7-13(9-14)12-18/h6-10,21H,4-5,11H2,1-3H3. The lowest BCUT2D eigenvalue weighted by Gasteiger charge is -2.24. The smallest absolute Gasteiger partial charge is 0.0991 e. The van der Waals surface area contributed by atoms with Crippen molar-refractivity contribution in [1.82, 2.24) is 9.78 Å². The van der Waals surface area contributed by atoms with E-state index in [1.54, 1.807) is 25.1 Å². The molecule has 2 aromatic rings. The topological polar surface area (TPSA) is 61.8 Å². The van der Waals surface area contributed by atoms with Gasteiger partial charge in [-0.15, -0.1) is 0 Å². The average Bonchev–Trinajstić information content (AvgIpc) is 2.88. The Labute approximate surface area is 125 Å². The lowest BCUT2D eigenvalue weighted by atomic mass is 9.90. The number of nitrogens with zero attached hydrogens (tertiary/aromatic N) is 3. The lowest BCUT2D eigenvalue weighted by molar-refractivity contribution is 0.0554. The third-order valence-electron chi connectivity index (χ3n) is 3.71. The number of aryl methyl sites for hydroxylation is 2. The van der Waals surface area contributed by atoms with E-state index in [1.165, 1.54) is 0 Å². The Morgan fingerprint density at radius 3 is 2.71 bits per heavy atom. The van der Waals surface area contributed by atoms with Gasteiger partial charge in [0.05, 0.1) is 22.9 Å². The van der Waals surface area contributed by atoms with Gasteiger partial charge in [-0.1, -0.05) is 19.1 Å². The molecule has 21 heavy (non-hydrogen) atoms. The minimum atomic E-state index is -1.02. The maximum atomic E-state index is 10.8. The van der Waals surface area contributed by atoms with Gasteiger partial charge in [-0.25, -0.2) is 0 Å². The van der Waals surface area contributed by atoms with Gasteiger partial charge >= 0.3 is 0 Å². The Kier molecular flexibility index (Phi) is 4.44. The van der Waals surface area contributed by atoms with Crippen LogP contribution in [0.2, 0.25) is 0 Å². The first-order chi connectivity index (χ1) is 10.00. The third-order valence-corrected chi connectivity index (χ3v) is 3.71. The van der Waals surface area contributed by atoms with Gasteiger partial charge in [0.1, 0.15) is 0 Å². The first kappa shape index (κ1) is 15.3. The molecule has 0 aliphatic heterocycles. The predicted molar refractivity (Wildman–Crippen MR) is 81.7 cm³/mol. The van der Waals surface area contributed by atoms with Crippen LogP contribution < -0.4 is 0 Å². The fourth-order valence-electron chi connectivity index (χ4n) is 2.48. The molecule has 0 amide bonds. The van der Waals surface area contributed by atoms with Crippen molar-refractivity contribution in [2.24, 2.45) is 0 Å². The Morgan fingerprint density at radius 1 is 1.33 bits per heavy atom. The Bertz CT molecular complexity index is 665. The van der Waals surface area contributed by atoms with Gasteiger partial charge in [0, 0.05) is 18.7 Å². The third kappa shape index (κ3) is 3.32. The molecule has 0 radical (unpaired) electrons. The predicted octanol–water partition coefficient (Wildman–Crippen LogP) is 2.79. The summed E-state index contributed by atoms with van der Waals surface area (Å²) in [7, 11) is 0. The monoisotopic (exact) mass is 283 g/mol. The van der Waals surface area contributed by atoms with Crippen molar-refractivity contribution in [2.45, 2.75) is 45.8 Å². The average molecular weight is 283 g/mol. The van der Waals surface area contributed by atoms with Crippen LogP contribution >= 0.6 is 0 Å². The summed E-state index contributed by atoms with van der Waals surface area (Å²) in [5, 5.41) is 24.3. The Balaban J connectivity index is 2.32. The van der Waals surface area contributed by atoms with E-state index in [-0.39, 0.29) is 0 Å². The second kappa shape index (κ2) is 6.11. The molecule has 0 bridgehead atoms. The van der Waals surface area contributed by atoms with Crippen molar-refractivity contribution in [1.29, 1.82) is 5.26 Å². The SMILES string of the molecule is CCc1cc(CC(C)(O)c2cccc(C#N)c2)n(CC)n1. The number of aromatic nitrogens is 2. The summed E-state index contributed by atoms with van der Waals surface area (Å²) in [6, 6.07) is 11.3. The van der Waals surface area contributed by atoms with Crippen LogP contribution in [0.3, 0.4) is 0 Å². The maximum absolute atomic E-state index is 10.8. The molecule has 1 atom stereocenters. The van der Waals surface area contributed by atoms with Crippen LogP contribution in [-0.2, 0) is 25.0 Å². The molecule has 1 aromatic heterocycles. The van der Waals surface area contributed by atoms with Crippen molar-refractivity contribution in [3.8, 4) is 6.07 Å². The maximum Gasteiger partial charge on any atom is 0.0991 e. The summed E-state index contributed by atoms with van der Waals surface area (Å²) < 4.78 is 1.93. The van der Waals surface area contributed by atoms with Gasteiger partial charge in [0.2, 0.25) is 0 Å². The van der Waals surface area contributed by atoms with E-state index in [2.05, 4.69) is 18.1 Å². The zero-order valence-electron chi connectivity index (χ0n) is 12.8. The summed E-state index contributed by atoms with van der Waals surface area (Å²) in [5.41, 5.74) is 2.34. The largest absolute Gasteiger partial charge is 0.385 e. The van der Waals surface area contributed by atoms with Crippen LogP contribution in [0, 0.1) is 11.3 Å². The molecular formula is C17H21N3O. The van der Waals surface area contributed by atoms with Crippen molar-refractivity contribution in [3.63, 3.8) is 0 Å². The molecule has 1 unspecified atom stereocenters. The van der Waals surface area contributed by atoms with Gasteiger partial charge < -0.3 is 5.11 Å². The summed E-state index contributed by atoms with van der Waals surface area (Å²) in [6.07, 6.45) is 1.36. The van der Waals surface area contributed by atoms with Crippen LogP contribution in [0.15, 0.2) is 30.3 Å². The van der Waals surface area contributed by atoms with Crippen LogP contribution in [0.4, 0.5) is 0 Å². The number of nitriles is 1. The number of hydrogen-bond donors (Lipinski definition) is 1. The quantitative estimate of drug-likeness (QED) is 0.917. The molecule has 110 valence electrons. The highest BCUT2D eigenvalue weighted by atomic mass is 16.3. The van der Waals surface area contributed by atoms with Crippen LogP contribution in [0.25, 0.3) is 0 Å². The van der Waals surface area contributed by atoms with E-state index in [0.717, 1.165) is 29.9 Å². The molecule has 1 N–H and O–H groups in total. The fraction of sp³-hybridized carbons (Fsp3) is 0.412. The molecule has 4 heteroatoms. The zero-order valence-corrected chi connectivity index (χ0v) is 12.8. The normalized spacial score (nSPS) is 13.7. The highest BCUT2D eigenvalue weighted by Gasteiger charge is 2.26. The van der Waals surface area contributed by atoms with E-state index in [1.807, 2.05) is 23.7 Å². The molecule has 1 aromatic carbocycles. The first-order valence-corrected chi connectivity index (χ1v) is 7.28. The minimum absolute atomic E-state index is 0.475. The molecule has 0 aliphatic carbocycles. The highest BCUT2D eigenvalue weighted by molar-refractivity contribution is 5.36. The second-order valence-electron chi connectivity index (χ2n) is 5.44. The summed E-state index contributed by atoms with van der Waals surface area (Å²) >= 11 is 0. The number of rotatable bonds is 5. The van der Waals surface area contributed by atoms with E-state index < -0.39 is 5.60 Å². The zero-order chi connectivity index (χ0) is 15.5. The van der Waals surface area contributed by atoms with E-state index >= 15 is 0 Å². The number of aliphatic hydroxyl groups is 1. The van der Waals surface area contributed by atoms with Crippen molar-refractivity contribution in [2.75, 3.05) is 0 Å². The Morgan fingerprint density at radius 2 is 2.10 bits per heavy atom. The summed E-state index contributed by atoms with van der Waals surface area (Å²) in [5.74, 6) is 0. The van der Waals surface area contributed by atoms with Gasteiger partial charge in [0.15, 0.2) is 0 Å². The molecule has 0 aliphatic rings. The summed E-state index contributed by atoms with van der Waals surface area (Å²) in [6.45, 7) is 6.67. The number of hydrogen-bond acceptors (Lipinski definition) is 3. The molecule has 2 rings (SSSR count). The molecule has 1 heterocycles. The van der Waals surface area contributed by atoms with Crippen molar-refractivity contribution >= 4 is 0 Å². The van der Waals surface area contributed by atoms with E-state index in [0.29, 0.717) is 12.0 Å². The summed E-state index contributed by atoms with van der Waals surface area (Å²) in [4.78, 5) is 0. The van der Waals surface area contributed by atoms with Gasteiger partial charge in [-0.05, 0) is 44.0 Å². The molecule has 0 saturated carbocycles. The fourth-order valence-corrected chi connectivity index (χ4v) is 2.48. The van der Waals surface area contributed by atoms with Crippen molar-refractivity contribution < 1.29 is 5.11 Å². The number of benzene rings is 1. The van der Waals surface area contributed by atoms with Crippen LogP contribution in [0.1, 0.15) is 43.3 Å². The van der Waals surface area contributed by atoms with E-state index in [4.69, 9.17) is 5.26 Å². The van der Waals surface area contributed by atoms with Gasteiger partial charge in [0.25, 0.3) is 0 Å². The molecule has 4 nitrogen and oxygen atoms in total. The van der Waals surface area contributed by atoms with Gasteiger partial charge in [-0.2, -0.15) is 10.4 Å². The van der Waals surface area contributed by atoms with E-state index in [9.17, 15) is 5.11 Å². The first-order valence-electron chi connectivity index (χ1n) is 7.28. The molecule has 0 saturated heterocycles. The Hall–Kier alpha value is -2.12. The molecule has 0 fully saturated rings. The highest BCUT2D eigenvalue weighted by Crippen LogP contribution is 2.26.